The topological polar surface area (TPSA) is 129 Å². The lowest BCUT2D eigenvalue weighted by atomic mass is 9.99. The van der Waals surface area contributed by atoms with Gasteiger partial charge in [0.25, 0.3) is 12.4 Å². The average Bonchev–Trinajstić information content (AvgIpc) is 2.71. The van der Waals surface area contributed by atoms with Gasteiger partial charge < -0.3 is 16.2 Å². The third kappa shape index (κ3) is 5.17. The van der Waals surface area contributed by atoms with Crippen LogP contribution in [0.3, 0.4) is 0 Å². The first-order valence-electron chi connectivity index (χ1n) is 8.61. The minimum atomic E-state index is -0.531. The molecule has 2 aromatic carbocycles. The molecule has 0 atom stereocenters. The minimum Gasteiger partial charge on any atom is -0.483 e. The second-order valence-electron chi connectivity index (χ2n) is 6.13. The number of benzene rings is 2. The molecule has 1 heterocycles. The number of nitrogens with one attached hydrogen (secondary N) is 1. The van der Waals surface area contributed by atoms with E-state index in [0.717, 1.165) is 27.7 Å². The highest BCUT2D eigenvalue weighted by molar-refractivity contribution is 6.08. The number of aryl methyl sites for hydroxylation is 1. The van der Waals surface area contributed by atoms with E-state index in [1.165, 1.54) is 0 Å². The standard InChI is InChI=1S/C21H18N4O.CH2O2/c1-13(11-22)12-24-20-17(21(23)26)9-8-15-6-7-16(10-18(15)20)19-5-3-4-14(2)25-19;2-1-3/h3-10,24H,1,12H2,2H3,(H2,23,26);1H,(H,2,3). The number of rotatable bonds is 5. The molecular formula is C22H20N4O3. The van der Waals surface area contributed by atoms with Crippen LogP contribution in [-0.2, 0) is 4.79 Å². The molecule has 0 aliphatic carbocycles. The van der Waals surface area contributed by atoms with Crippen molar-refractivity contribution in [3.8, 4) is 17.3 Å². The van der Waals surface area contributed by atoms with Gasteiger partial charge >= 0.3 is 0 Å². The van der Waals surface area contributed by atoms with Gasteiger partial charge in [-0.2, -0.15) is 5.26 Å². The summed E-state index contributed by atoms with van der Waals surface area (Å²) in [6, 6.07) is 17.3. The smallest absolute Gasteiger partial charge is 0.290 e. The van der Waals surface area contributed by atoms with Crippen molar-refractivity contribution in [3.05, 3.63) is 71.9 Å². The monoisotopic (exact) mass is 388 g/mol. The predicted octanol–water partition coefficient (Wildman–Crippen LogP) is 3.50. The van der Waals surface area contributed by atoms with Crippen LogP contribution in [0.1, 0.15) is 16.1 Å². The number of pyridine rings is 1. The molecule has 1 amide bonds. The molecule has 0 spiro atoms. The van der Waals surface area contributed by atoms with Crippen molar-refractivity contribution in [1.82, 2.24) is 4.98 Å². The zero-order valence-electron chi connectivity index (χ0n) is 15.8. The molecule has 0 aliphatic rings. The molecule has 0 aliphatic heterocycles. The molecule has 3 rings (SSSR count). The summed E-state index contributed by atoms with van der Waals surface area (Å²) in [7, 11) is 0. The summed E-state index contributed by atoms with van der Waals surface area (Å²) in [6.07, 6.45) is 0. The van der Waals surface area contributed by atoms with Crippen LogP contribution in [0.25, 0.3) is 22.0 Å². The van der Waals surface area contributed by atoms with E-state index in [0.29, 0.717) is 16.8 Å². The van der Waals surface area contributed by atoms with Crippen molar-refractivity contribution in [1.29, 1.82) is 5.26 Å². The third-order valence-electron chi connectivity index (χ3n) is 4.11. The van der Waals surface area contributed by atoms with Crippen molar-refractivity contribution in [2.24, 2.45) is 5.73 Å². The normalized spacial score (nSPS) is 9.66. The van der Waals surface area contributed by atoms with Gasteiger partial charge in [0, 0.05) is 28.8 Å². The number of carboxylic acid groups (broad SMARTS) is 1. The van der Waals surface area contributed by atoms with Crippen molar-refractivity contribution >= 4 is 28.8 Å². The lowest BCUT2D eigenvalue weighted by Gasteiger charge is -2.14. The third-order valence-corrected chi connectivity index (χ3v) is 4.11. The highest BCUT2D eigenvalue weighted by atomic mass is 16.3. The number of nitriles is 1. The summed E-state index contributed by atoms with van der Waals surface area (Å²) in [5.41, 5.74) is 9.59. The number of hydrogen-bond acceptors (Lipinski definition) is 5. The lowest BCUT2D eigenvalue weighted by molar-refractivity contribution is -0.122. The van der Waals surface area contributed by atoms with E-state index in [4.69, 9.17) is 20.9 Å². The van der Waals surface area contributed by atoms with Crippen LogP contribution in [0.4, 0.5) is 5.69 Å². The Morgan fingerprint density at radius 3 is 2.62 bits per heavy atom. The molecule has 0 radical (unpaired) electrons. The van der Waals surface area contributed by atoms with Crippen molar-refractivity contribution in [2.45, 2.75) is 6.92 Å². The van der Waals surface area contributed by atoms with Crippen LogP contribution >= 0.6 is 0 Å². The Labute approximate surface area is 168 Å². The Morgan fingerprint density at radius 2 is 2.00 bits per heavy atom. The molecule has 3 aromatic rings. The number of nitrogens with zero attached hydrogens (tertiary/aromatic N) is 2. The van der Waals surface area contributed by atoms with Crippen LogP contribution in [0, 0.1) is 18.3 Å². The Balaban J connectivity index is 0.000000941. The number of nitrogens with two attached hydrogens (primary N) is 1. The van der Waals surface area contributed by atoms with E-state index < -0.39 is 5.91 Å². The molecule has 0 saturated carbocycles. The fraction of sp³-hybridized carbons (Fsp3) is 0.0909. The number of carbonyl (C=O) groups excluding carboxylic acids is 1. The number of carbonyl (C=O) groups is 2. The van der Waals surface area contributed by atoms with Crippen LogP contribution in [0.2, 0.25) is 0 Å². The van der Waals surface area contributed by atoms with Crippen molar-refractivity contribution < 1.29 is 14.7 Å². The van der Waals surface area contributed by atoms with Crippen LogP contribution in [0.15, 0.2) is 60.7 Å². The number of amides is 1. The molecule has 7 nitrogen and oxygen atoms in total. The lowest BCUT2D eigenvalue weighted by Crippen LogP contribution is -2.15. The highest BCUT2D eigenvalue weighted by Crippen LogP contribution is 2.31. The molecule has 0 saturated heterocycles. The molecule has 29 heavy (non-hydrogen) atoms. The van der Waals surface area contributed by atoms with Gasteiger partial charge in [0.15, 0.2) is 0 Å². The van der Waals surface area contributed by atoms with Crippen molar-refractivity contribution in [2.75, 3.05) is 11.9 Å². The van der Waals surface area contributed by atoms with Crippen molar-refractivity contribution in [3.63, 3.8) is 0 Å². The first-order valence-corrected chi connectivity index (χ1v) is 8.61. The number of anilines is 1. The minimum absolute atomic E-state index is 0.239. The Kier molecular flexibility index (Phi) is 7.04. The fourth-order valence-electron chi connectivity index (χ4n) is 2.81. The molecule has 7 heteroatoms. The van der Waals surface area contributed by atoms with Gasteiger partial charge in [-0.15, -0.1) is 0 Å². The molecule has 0 unspecified atom stereocenters. The molecule has 0 bridgehead atoms. The maximum atomic E-state index is 11.9. The maximum absolute atomic E-state index is 11.9. The quantitative estimate of drug-likeness (QED) is 0.453. The van der Waals surface area contributed by atoms with Gasteiger partial charge in [0.1, 0.15) is 0 Å². The average molecular weight is 388 g/mol. The molecular weight excluding hydrogens is 368 g/mol. The van der Waals surface area contributed by atoms with Gasteiger partial charge in [0.05, 0.1) is 23.0 Å². The summed E-state index contributed by atoms with van der Waals surface area (Å²) in [5, 5.41) is 20.8. The van der Waals surface area contributed by atoms with E-state index >= 15 is 0 Å². The van der Waals surface area contributed by atoms with Gasteiger partial charge in [0.2, 0.25) is 0 Å². The number of hydrogen-bond donors (Lipinski definition) is 3. The number of aromatic nitrogens is 1. The first-order chi connectivity index (χ1) is 13.9. The summed E-state index contributed by atoms with van der Waals surface area (Å²) >= 11 is 0. The number of primary amides is 1. The Bertz CT molecular complexity index is 1120. The maximum Gasteiger partial charge on any atom is 0.290 e. The second kappa shape index (κ2) is 9.67. The van der Waals surface area contributed by atoms with Gasteiger partial charge in [-0.3, -0.25) is 14.6 Å². The fourth-order valence-corrected chi connectivity index (χ4v) is 2.81. The SMILES string of the molecule is C=C(C#N)CNc1c(C(N)=O)ccc2ccc(-c3cccc(C)n3)cc12.O=CO. The van der Waals surface area contributed by atoms with E-state index in [1.807, 2.05) is 55.5 Å². The summed E-state index contributed by atoms with van der Waals surface area (Å²) in [6.45, 7) is 5.60. The molecule has 1 aromatic heterocycles. The predicted molar refractivity (Wildman–Crippen MR) is 112 cm³/mol. The highest BCUT2D eigenvalue weighted by Gasteiger charge is 2.13. The second-order valence-corrected chi connectivity index (χ2v) is 6.13. The Hall–Kier alpha value is -4.18. The van der Waals surface area contributed by atoms with Gasteiger partial charge in [-0.05, 0) is 36.6 Å². The molecule has 0 fully saturated rings. The largest absolute Gasteiger partial charge is 0.483 e. The van der Waals surface area contributed by atoms with Crippen LogP contribution in [0.5, 0.6) is 0 Å². The van der Waals surface area contributed by atoms with Gasteiger partial charge in [-0.25, -0.2) is 0 Å². The molecule has 4 N–H and O–H groups in total. The zero-order chi connectivity index (χ0) is 21.4. The zero-order valence-corrected chi connectivity index (χ0v) is 15.8. The van der Waals surface area contributed by atoms with E-state index in [1.54, 1.807) is 6.07 Å². The first kappa shape index (κ1) is 21.1. The molecule has 146 valence electrons. The van der Waals surface area contributed by atoms with E-state index in [-0.39, 0.29) is 13.0 Å². The number of fused-ring (bicyclic) bond motifs is 1. The van der Waals surface area contributed by atoms with Gasteiger partial charge in [-0.1, -0.05) is 30.8 Å². The summed E-state index contributed by atoms with van der Waals surface area (Å²) < 4.78 is 0. The van der Waals surface area contributed by atoms with Crippen LogP contribution in [-0.4, -0.2) is 29.0 Å². The summed E-state index contributed by atoms with van der Waals surface area (Å²) in [5.74, 6) is -0.531. The van der Waals surface area contributed by atoms with E-state index in [2.05, 4.69) is 16.9 Å². The van der Waals surface area contributed by atoms with E-state index in [9.17, 15) is 4.79 Å². The summed E-state index contributed by atoms with van der Waals surface area (Å²) in [4.78, 5) is 24.8. The van der Waals surface area contributed by atoms with Crippen LogP contribution < -0.4 is 11.1 Å². The Morgan fingerprint density at radius 1 is 1.31 bits per heavy atom.